The molecule has 0 radical (unpaired) electrons. The van der Waals surface area contributed by atoms with Crippen LogP contribution in [0.3, 0.4) is 0 Å². The number of amides is 1. The van der Waals surface area contributed by atoms with Crippen molar-refractivity contribution in [3.05, 3.63) is 81.6 Å². The number of Topliss-reactive ketones (excluding diaryl/α,β-unsaturated/α-hetero) is 1. The Morgan fingerprint density at radius 1 is 1.03 bits per heavy atom. The SMILES string of the molecule is CCOc1ccc(/C(O)=C2/C(=O)C(=O)N(c3ccc(OC)cc3)C2c2sccc2C)cc1. The molecule has 32 heavy (non-hydrogen) atoms. The van der Waals surface area contributed by atoms with Gasteiger partial charge in [-0.2, -0.15) is 0 Å². The van der Waals surface area contributed by atoms with Crippen LogP contribution in [0, 0.1) is 6.92 Å². The van der Waals surface area contributed by atoms with Crippen LogP contribution in [0.15, 0.2) is 65.6 Å². The van der Waals surface area contributed by atoms with Crippen molar-refractivity contribution in [3.8, 4) is 11.5 Å². The predicted molar refractivity (Wildman–Crippen MR) is 124 cm³/mol. The number of nitrogens with zero attached hydrogens (tertiary/aromatic N) is 1. The average Bonchev–Trinajstić information content (AvgIpc) is 3.34. The van der Waals surface area contributed by atoms with E-state index in [-0.39, 0.29) is 11.3 Å². The summed E-state index contributed by atoms with van der Waals surface area (Å²) >= 11 is 1.45. The lowest BCUT2D eigenvalue weighted by Crippen LogP contribution is -2.29. The number of methoxy groups -OCH3 is 1. The first kappa shape index (κ1) is 21.6. The van der Waals surface area contributed by atoms with Crippen LogP contribution >= 0.6 is 11.3 Å². The number of carbonyl (C=O) groups excluding carboxylic acids is 2. The Labute approximate surface area is 190 Å². The summed E-state index contributed by atoms with van der Waals surface area (Å²) in [5, 5.41) is 13.1. The van der Waals surface area contributed by atoms with Crippen molar-refractivity contribution >= 4 is 34.5 Å². The lowest BCUT2D eigenvalue weighted by molar-refractivity contribution is -0.132. The van der Waals surface area contributed by atoms with Crippen molar-refractivity contribution in [1.82, 2.24) is 0 Å². The molecule has 1 N–H and O–H groups in total. The maximum atomic E-state index is 13.2. The standard InChI is InChI=1S/C25H23NO5S/c1-4-31-19-9-5-16(6-10-19)22(27)20-21(24-15(2)13-14-32-24)26(25(29)23(20)28)17-7-11-18(30-3)12-8-17/h5-14,21,27H,4H2,1-3H3/b22-20-. The Hall–Kier alpha value is -3.58. The van der Waals surface area contributed by atoms with Crippen molar-refractivity contribution in [2.75, 3.05) is 18.6 Å². The smallest absolute Gasteiger partial charge is 0.300 e. The number of benzene rings is 2. The number of aliphatic hydroxyl groups is 1. The highest BCUT2D eigenvalue weighted by atomic mass is 32.1. The third kappa shape index (κ3) is 3.76. The highest BCUT2D eigenvalue weighted by molar-refractivity contribution is 7.10. The Balaban J connectivity index is 1.86. The first-order valence-electron chi connectivity index (χ1n) is 10.2. The number of ether oxygens (including phenoxy) is 2. The first-order valence-corrected chi connectivity index (χ1v) is 11.1. The van der Waals surface area contributed by atoms with Crippen LogP contribution in [0.1, 0.15) is 29.0 Å². The third-order valence-corrected chi connectivity index (χ3v) is 6.46. The maximum Gasteiger partial charge on any atom is 0.300 e. The second-order valence-corrected chi connectivity index (χ2v) is 8.24. The van der Waals surface area contributed by atoms with Crippen LogP contribution in [0.5, 0.6) is 11.5 Å². The monoisotopic (exact) mass is 449 g/mol. The van der Waals surface area contributed by atoms with Crippen LogP contribution in [0.2, 0.25) is 0 Å². The van der Waals surface area contributed by atoms with E-state index in [1.807, 2.05) is 25.3 Å². The number of aliphatic hydroxyl groups excluding tert-OH is 1. The zero-order valence-electron chi connectivity index (χ0n) is 18.0. The van der Waals surface area contributed by atoms with E-state index in [1.54, 1.807) is 55.6 Å². The lowest BCUT2D eigenvalue weighted by atomic mass is 9.98. The molecule has 1 atom stereocenters. The van der Waals surface area contributed by atoms with Gasteiger partial charge in [0.15, 0.2) is 0 Å². The molecule has 1 aliphatic heterocycles. The van der Waals surface area contributed by atoms with E-state index in [0.717, 1.165) is 10.4 Å². The Kier molecular flexibility index (Phi) is 6.01. The van der Waals surface area contributed by atoms with Gasteiger partial charge < -0.3 is 14.6 Å². The molecular formula is C25H23NO5S. The zero-order valence-corrected chi connectivity index (χ0v) is 18.8. The fourth-order valence-electron chi connectivity index (χ4n) is 3.79. The molecule has 1 amide bonds. The summed E-state index contributed by atoms with van der Waals surface area (Å²) in [6.07, 6.45) is 0. The van der Waals surface area contributed by atoms with Crippen LogP contribution in [0.4, 0.5) is 5.69 Å². The molecule has 1 aromatic heterocycles. The molecule has 1 unspecified atom stereocenters. The van der Waals surface area contributed by atoms with Crippen LogP contribution in [-0.4, -0.2) is 30.5 Å². The van der Waals surface area contributed by atoms with Crippen LogP contribution < -0.4 is 14.4 Å². The van der Waals surface area contributed by atoms with Crippen LogP contribution in [-0.2, 0) is 9.59 Å². The van der Waals surface area contributed by atoms with Gasteiger partial charge in [0.1, 0.15) is 23.3 Å². The second kappa shape index (κ2) is 8.88. The average molecular weight is 450 g/mol. The van der Waals surface area contributed by atoms with Gasteiger partial charge in [-0.3, -0.25) is 14.5 Å². The molecule has 2 heterocycles. The molecule has 7 heteroatoms. The topological polar surface area (TPSA) is 76.1 Å². The third-order valence-electron chi connectivity index (χ3n) is 5.38. The maximum absolute atomic E-state index is 13.2. The quantitative estimate of drug-likeness (QED) is 0.322. The molecule has 0 aliphatic carbocycles. The molecule has 2 aromatic carbocycles. The largest absolute Gasteiger partial charge is 0.507 e. The molecule has 3 aromatic rings. The molecule has 1 fully saturated rings. The summed E-state index contributed by atoms with van der Waals surface area (Å²) in [5.41, 5.74) is 2.01. The number of anilines is 1. The van der Waals surface area contributed by atoms with E-state index in [0.29, 0.717) is 29.4 Å². The van der Waals surface area contributed by atoms with E-state index in [1.165, 1.54) is 16.2 Å². The Bertz CT molecular complexity index is 1180. The molecule has 0 spiro atoms. The minimum atomic E-state index is -0.727. The summed E-state index contributed by atoms with van der Waals surface area (Å²) in [4.78, 5) is 28.6. The van der Waals surface area contributed by atoms with Gasteiger partial charge >= 0.3 is 0 Å². The second-order valence-electron chi connectivity index (χ2n) is 7.29. The van der Waals surface area contributed by atoms with Gasteiger partial charge in [0.25, 0.3) is 11.7 Å². The van der Waals surface area contributed by atoms with E-state index >= 15 is 0 Å². The van der Waals surface area contributed by atoms with Crippen LogP contribution in [0.25, 0.3) is 5.76 Å². The van der Waals surface area contributed by atoms with Crippen molar-refractivity contribution in [2.45, 2.75) is 19.9 Å². The van der Waals surface area contributed by atoms with E-state index in [9.17, 15) is 14.7 Å². The van der Waals surface area contributed by atoms with Gasteiger partial charge in [0, 0.05) is 16.1 Å². The lowest BCUT2D eigenvalue weighted by Gasteiger charge is -2.25. The van der Waals surface area contributed by atoms with Gasteiger partial charge in [0.05, 0.1) is 19.3 Å². The number of rotatable bonds is 6. The summed E-state index contributed by atoms with van der Waals surface area (Å²) in [7, 11) is 1.56. The molecule has 4 rings (SSSR count). The molecule has 1 saturated heterocycles. The van der Waals surface area contributed by atoms with Crippen molar-refractivity contribution < 1.29 is 24.2 Å². The Morgan fingerprint density at radius 2 is 1.69 bits per heavy atom. The van der Waals surface area contributed by atoms with Gasteiger partial charge in [0.2, 0.25) is 0 Å². The minimum Gasteiger partial charge on any atom is -0.507 e. The fourth-order valence-corrected chi connectivity index (χ4v) is 4.81. The van der Waals surface area contributed by atoms with E-state index in [2.05, 4.69) is 0 Å². The molecule has 0 bridgehead atoms. The summed E-state index contributed by atoms with van der Waals surface area (Å²) in [6, 6.07) is 15.0. The number of aryl methyl sites for hydroxylation is 1. The normalized spacial score (nSPS) is 17.6. The number of thiophene rings is 1. The summed E-state index contributed by atoms with van der Waals surface area (Å²) in [6.45, 7) is 4.34. The molecular weight excluding hydrogens is 426 g/mol. The highest BCUT2D eigenvalue weighted by Gasteiger charge is 2.47. The minimum absolute atomic E-state index is 0.0699. The summed E-state index contributed by atoms with van der Waals surface area (Å²) in [5.74, 6) is -0.303. The van der Waals surface area contributed by atoms with Gasteiger partial charge in [-0.15, -0.1) is 11.3 Å². The number of hydrogen-bond acceptors (Lipinski definition) is 6. The van der Waals surface area contributed by atoms with Gasteiger partial charge in [-0.1, -0.05) is 0 Å². The van der Waals surface area contributed by atoms with E-state index in [4.69, 9.17) is 9.47 Å². The van der Waals surface area contributed by atoms with Crippen molar-refractivity contribution in [2.24, 2.45) is 0 Å². The molecule has 6 nitrogen and oxygen atoms in total. The fraction of sp³-hybridized carbons (Fsp3) is 0.200. The Morgan fingerprint density at radius 3 is 2.25 bits per heavy atom. The first-order chi connectivity index (χ1) is 15.5. The number of ketones is 1. The zero-order chi connectivity index (χ0) is 22.8. The summed E-state index contributed by atoms with van der Waals surface area (Å²) < 4.78 is 10.7. The molecule has 164 valence electrons. The highest BCUT2D eigenvalue weighted by Crippen LogP contribution is 2.45. The van der Waals surface area contributed by atoms with Crippen molar-refractivity contribution in [3.63, 3.8) is 0 Å². The number of carbonyl (C=O) groups is 2. The van der Waals surface area contributed by atoms with Gasteiger partial charge in [-0.05, 0) is 79.4 Å². The molecule has 1 aliphatic rings. The number of hydrogen-bond donors (Lipinski definition) is 1. The van der Waals surface area contributed by atoms with E-state index < -0.39 is 17.7 Å². The molecule has 0 saturated carbocycles. The predicted octanol–water partition coefficient (Wildman–Crippen LogP) is 5.09. The van der Waals surface area contributed by atoms with Gasteiger partial charge in [-0.25, -0.2) is 0 Å². The van der Waals surface area contributed by atoms with Crippen molar-refractivity contribution in [1.29, 1.82) is 0 Å².